The summed E-state index contributed by atoms with van der Waals surface area (Å²) < 4.78 is 28.2. The molecule has 1 saturated carbocycles. The topological polar surface area (TPSA) is 54.5 Å². The molecule has 0 radical (unpaired) electrons. The van der Waals surface area contributed by atoms with Crippen LogP contribution in [0.4, 0.5) is 0 Å². The summed E-state index contributed by atoms with van der Waals surface area (Å²) >= 11 is 0. The third-order valence-electron chi connectivity index (χ3n) is 4.54. The van der Waals surface area contributed by atoms with Gasteiger partial charge in [0, 0.05) is 25.4 Å². The van der Waals surface area contributed by atoms with E-state index in [9.17, 15) is 13.2 Å². The lowest BCUT2D eigenvalue weighted by Gasteiger charge is -2.33. The van der Waals surface area contributed by atoms with Crippen molar-refractivity contribution in [2.75, 3.05) is 6.54 Å². The normalized spacial score (nSPS) is 17.0. The van der Waals surface area contributed by atoms with E-state index < -0.39 is 10.0 Å². The molecule has 0 saturated heterocycles. The summed E-state index contributed by atoms with van der Waals surface area (Å²) in [6.45, 7) is 8.20. The standard InChI is InChI=1S/C18H27NO3S/c1-5-10-19(16-6-8-17(20)9-7-16)23(21,22)18-14(3)11-13(2)12-15(18)4/h11-12,16H,5-10H2,1-4H3. The minimum absolute atomic E-state index is 0.0576. The lowest BCUT2D eigenvalue weighted by atomic mass is 9.94. The van der Waals surface area contributed by atoms with E-state index in [1.807, 2.05) is 39.8 Å². The zero-order valence-electron chi connectivity index (χ0n) is 14.6. The van der Waals surface area contributed by atoms with Crippen LogP contribution >= 0.6 is 0 Å². The number of hydrogen-bond acceptors (Lipinski definition) is 3. The summed E-state index contributed by atoms with van der Waals surface area (Å²) in [6.07, 6.45) is 3.04. The monoisotopic (exact) mass is 337 g/mol. The van der Waals surface area contributed by atoms with Gasteiger partial charge in [-0.05, 0) is 51.2 Å². The Morgan fingerprint density at radius 2 is 1.61 bits per heavy atom. The van der Waals surface area contributed by atoms with Gasteiger partial charge < -0.3 is 0 Å². The Hall–Kier alpha value is -1.20. The fraction of sp³-hybridized carbons (Fsp3) is 0.611. The highest BCUT2D eigenvalue weighted by atomic mass is 32.2. The minimum atomic E-state index is -3.54. The van der Waals surface area contributed by atoms with Crippen LogP contribution in [-0.4, -0.2) is 31.1 Å². The third-order valence-corrected chi connectivity index (χ3v) is 6.79. The summed E-state index contributed by atoms with van der Waals surface area (Å²) in [5, 5.41) is 0. The van der Waals surface area contributed by atoms with Crippen molar-refractivity contribution in [3.05, 3.63) is 28.8 Å². The molecule has 5 heteroatoms. The van der Waals surface area contributed by atoms with Crippen molar-refractivity contribution < 1.29 is 13.2 Å². The van der Waals surface area contributed by atoms with Gasteiger partial charge in [-0.25, -0.2) is 8.42 Å². The minimum Gasteiger partial charge on any atom is -0.300 e. The van der Waals surface area contributed by atoms with E-state index in [0.717, 1.165) is 23.1 Å². The number of aryl methyl sites for hydroxylation is 3. The predicted octanol–water partition coefficient (Wildman–Crippen LogP) is 3.52. The quantitative estimate of drug-likeness (QED) is 0.826. The second-order valence-electron chi connectivity index (χ2n) is 6.61. The molecule has 0 N–H and O–H groups in total. The number of carbonyl (C=O) groups is 1. The molecule has 0 spiro atoms. The average Bonchev–Trinajstić information content (AvgIpc) is 2.44. The van der Waals surface area contributed by atoms with Gasteiger partial charge in [-0.15, -0.1) is 0 Å². The number of carbonyl (C=O) groups excluding carboxylic acids is 1. The fourth-order valence-corrected chi connectivity index (χ4v) is 5.82. The smallest absolute Gasteiger partial charge is 0.243 e. The first kappa shape index (κ1) is 18.1. The molecule has 1 aliphatic carbocycles. The van der Waals surface area contributed by atoms with Gasteiger partial charge in [-0.3, -0.25) is 4.79 Å². The van der Waals surface area contributed by atoms with Crippen molar-refractivity contribution in [1.29, 1.82) is 0 Å². The van der Waals surface area contributed by atoms with E-state index in [0.29, 0.717) is 37.1 Å². The molecular weight excluding hydrogens is 310 g/mol. The van der Waals surface area contributed by atoms with Crippen molar-refractivity contribution in [3.63, 3.8) is 0 Å². The fourth-order valence-electron chi connectivity index (χ4n) is 3.62. The van der Waals surface area contributed by atoms with Crippen LogP contribution < -0.4 is 0 Å². The molecule has 0 heterocycles. The number of rotatable bonds is 5. The predicted molar refractivity (Wildman–Crippen MR) is 92.1 cm³/mol. The molecule has 4 nitrogen and oxygen atoms in total. The van der Waals surface area contributed by atoms with Crippen molar-refractivity contribution in [2.45, 2.75) is 70.7 Å². The Kier molecular flexibility index (Phi) is 5.63. The van der Waals surface area contributed by atoms with Crippen LogP contribution in [0.1, 0.15) is 55.7 Å². The van der Waals surface area contributed by atoms with E-state index in [2.05, 4.69) is 0 Å². The number of hydrogen-bond donors (Lipinski definition) is 0. The average molecular weight is 337 g/mol. The van der Waals surface area contributed by atoms with E-state index in [-0.39, 0.29) is 11.8 Å². The third kappa shape index (κ3) is 3.83. The highest BCUT2D eigenvalue weighted by molar-refractivity contribution is 7.89. The first-order valence-electron chi connectivity index (χ1n) is 8.38. The maximum absolute atomic E-state index is 13.3. The summed E-state index contributed by atoms with van der Waals surface area (Å²) in [5.41, 5.74) is 2.68. The van der Waals surface area contributed by atoms with Gasteiger partial charge in [0.15, 0.2) is 0 Å². The van der Waals surface area contributed by atoms with Crippen LogP contribution in [0, 0.1) is 20.8 Å². The van der Waals surface area contributed by atoms with E-state index in [1.54, 1.807) is 4.31 Å². The molecule has 0 atom stereocenters. The van der Waals surface area contributed by atoms with Crippen molar-refractivity contribution in [1.82, 2.24) is 4.31 Å². The molecule has 1 aromatic rings. The van der Waals surface area contributed by atoms with Crippen LogP contribution in [0.25, 0.3) is 0 Å². The highest BCUT2D eigenvalue weighted by Gasteiger charge is 2.34. The first-order chi connectivity index (χ1) is 10.8. The molecule has 0 amide bonds. The summed E-state index contributed by atoms with van der Waals surface area (Å²) in [7, 11) is -3.54. The molecule has 2 rings (SSSR count). The maximum Gasteiger partial charge on any atom is 0.243 e. The number of benzene rings is 1. The Morgan fingerprint density at radius 3 is 2.09 bits per heavy atom. The molecule has 0 aromatic heterocycles. The van der Waals surface area contributed by atoms with Crippen LogP contribution in [0.2, 0.25) is 0 Å². The summed E-state index contributed by atoms with van der Waals surface area (Å²) in [4.78, 5) is 11.9. The largest absolute Gasteiger partial charge is 0.300 e. The van der Waals surface area contributed by atoms with Crippen LogP contribution in [0.3, 0.4) is 0 Å². The second kappa shape index (κ2) is 7.14. The van der Waals surface area contributed by atoms with Gasteiger partial charge in [0.2, 0.25) is 10.0 Å². The lowest BCUT2D eigenvalue weighted by Crippen LogP contribution is -2.43. The van der Waals surface area contributed by atoms with Gasteiger partial charge in [0.25, 0.3) is 0 Å². The van der Waals surface area contributed by atoms with Gasteiger partial charge in [0.05, 0.1) is 4.90 Å². The van der Waals surface area contributed by atoms with Crippen molar-refractivity contribution in [2.24, 2.45) is 0 Å². The van der Waals surface area contributed by atoms with Crippen LogP contribution in [0.15, 0.2) is 17.0 Å². The number of nitrogens with zero attached hydrogens (tertiary/aromatic N) is 1. The molecule has 128 valence electrons. The zero-order valence-corrected chi connectivity index (χ0v) is 15.4. The number of Topliss-reactive ketones (excluding diaryl/α,β-unsaturated/α-hetero) is 1. The molecular formula is C18H27NO3S. The van der Waals surface area contributed by atoms with Gasteiger partial charge >= 0.3 is 0 Å². The van der Waals surface area contributed by atoms with Gasteiger partial charge in [-0.2, -0.15) is 4.31 Å². The van der Waals surface area contributed by atoms with Crippen LogP contribution in [0.5, 0.6) is 0 Å². The SMILES string of the molecule is CCCN(C1CCC(=O)CC1)S(=O)(=O)c1c(C)cc(C)cc1C. The molecule has 0 unspecified atom stereocenters. The lowest BCUT2D eigenvalue weighted by molar-refractivity contribution is -0.121. The van der Waals surface area contributed by atoms with E-state index in [4.69, 9.17) is 0 Å². The highest BCUT2D eigenvalue weighted by Crippen LogP contribution is 2.30. The Labute approximate surface area is 139 Å². The maximum atomic E-state index is 13.3. The van der Waals surface area contributed by atoms with Gasteiger partial charge in [-0.1, -0.05) is 24.6 Å². The molecule has 23 heavy (non-hydrogen) atoms. The molecule has 0 bridgehead atoms. The Morgan fingerprint density at radius 1 is 1.09 bits per heavy atom. The number of ketones is 1. The summed E-state index contributed by atoms with van der Waals surface area (Å²) in [5.74, 6) is 0.248. The molecule has 1 aromatic carbocycles. The number of sulfonamides is 1. The van der Waals surface area contributed by atoms with Crippen LogP contribution in [-0.2, 0) is 14.8 Å². The summed E-state index contributed by atoms with van der Waals surface area (Å²) in [6, 6.07) is 3.79. The first-order valence-corrected chi connectivity index (χ1v) is 9.82. The van der Waals surface area contributed by atoms with E-state index >= 15 is 0 Å². The van der Waals surface area contributed by atoms with Crippen molar-refractivity contribution in [3.8, 4) is 0 Å². The van der Waals surface area contributed by atoms with Gasteiger partial charge in [0.1, 0.15) is 5.78 Å². The molecule has 0 aliphatic heterocycles. The molecule has 1 aliphatic rings. The molecule has 1 fully saturated rings. The van der Waals surface area contributed by atoms with Crippen molar-refractivity contribution >= 4 is 15.8 Å². The second-order valence-corrected chi connectivity index (χ2v) is 8.44. The van der Waals surface area contributed by atoms with E-state index in [1.165, 1.54) is 0 Å². The Balaban J connectivity index is 2.43. The Bertz CT molecular complexity index is 661. The zero-order chi connectivity index (χ0) is 17.2.